The van der Waals surface area contributed by atoms with Crippen LogP contribution in [-0.2, 0) is 4.79 Å². The largest absolute Gasteiger partial charge is 0.350 e. The molecule has 86 valence electrons. The molecule has 0 aromatic heterocycles. The van der Waals surface area contributed by atoms with E-state index in [0.717, 1.165) is 5.56 Å². The van der Waals surface area contributed by atoms with Gasteiger partial charge in [-0.05, 0) is 31.6 Å². The van der Waals surface area contributed by atoms with E-state index in [1.165, 1.54) is 6.08 Å². The van der Waals surface area contributed by atoms with Crippen molar-refractivity contribution >= 4 is 35.2 Å². The molecule has 0 radical (unpaired) electrons. The van der Waals surface area contributed by atoms with Crippen LogP contribution in [0.25, 0.3) is 6.08 Å². The number of carbonyl (C=O) groups is 1. The molecular formula is C12H13Cl2NO. The quantitative estimate of drug-likeness (QED) is 0.825. The van der Waals surface area contributed by atoms with Crippen molar-refractivity contribution in [1.29, 1.82) is 0 Å². The first-order valence-corrected chi connectivity index (χ1v) is 5.69. The lowest BCUT2D eigenvalue weighted by Crippen LogP contribution is -2.28. The summed E-state index contributed by atoms with van der Waals surface area (Å²) in [4.78, 5) is 11.3. The topological polar surface area (TPSA) is 29.1 Å². The summed E-state index contributed by atoms with van der Waals surface area (Å²) in [6.45, 7) is 3.80. The first-order valence-electron chi connectivity index (χ1n) is 4.93. The Hall–Kier alpha value is -0.990. The lowest BCUT2D eigenvalue weighted by Gasteiger charge is -2.04. The zero-order valence-corrected chi connectivity index (χ0v) is 10.6. The van der Waals surface area contributed by atoms with Crippen molar-refractivity contribution in [2.24, 2.45) is 0 Å². The normalized spacial score (nSPS) is 11.1. The van der Waals surface area contributed by atoms with Gasteiger partial charge in [0, 0.05) is 12.1 Å². The summed E-state index contributed by atoms with van der Waals surface area (Å²) in [6.07, 6.45) is 3.09. The van der Waals surface area contributed by atoms with Crippen LogP contribution >= 0.6 is 23.2 Å². The van der Waals surface area contributed by atoms with Gasteiger partial charge in [-0.1, -0.05) is 35.3 Å². The Bertz CT molecular complexity index is 413. The third-order valence-electron chi connectivity index (χ3n) is 1.83. The van der Waals surface area contributed by atoms with Crippen LogP contribution in [0, 0.1) is 0 Å². The highest BCUT2D eigenvalue weighted by molar-refractivity contribution is 6.42. The number of rotatable bonds is 3. The van der Waals surface area contributed by atoms with Crippen LogP contribution in [-0.4, -0.2) is 11.9 Å². The first-order chi connectivity index (χ1) is 7.50. The van der Waals surface area contributed by atoms with E-state index in [-0.39, 0.29) is 11.9 Å². The Balaban J connectivity index is 2.77. The maximum Gasteiger partial charge on any atom is 0.244 e. The van der Waals surface area contributed by atoms with Crippen LogP contribution in [0.1, 0.15) is 19.4 Å². The summed E-state index contributed by atoms with van der Waals surface area (Å²) < 4.78 is 0. The zero-order chi connectivity index (χ0) is 12.1. The molecule has 0 aliphatic rings. The van der Waals surface area contributed by atoms with Crippen molar-refractivity contribution in [3.63, 3.8) is 0 Å². The summed E-state index contributed by atoms with van der Waals surface area (Å²) in [5.41, 5.74) is 0.730. The van der Waals surface area contributed by atoms with Crippen molar-refractivity contribution in [3.8, 4) is 0 Å². The van der Waals surface area contributed by atoms with Crippen molar-refractivity contribution in [1.82, 2.24) is 5.32 Å². The fraction of sp³-hybridized carbons (Fsp3) is 0.250. The van der Waals surface area contributed by atoms with E-state index in [1.54, 1.807) is 24.3 Å². The third-order valence-corrected chi connectivity index (χ3v) is 2.66. The third kappa shape index (κ3) is 3.87. The highest BCUT2D eigenvalue weighted by atomic mass is 35.5. The smallest absolute Gasteiger partial charge is 0.244 e. The zero-order valence-electron chi connectivity index (χ0n) is 9.13. The minimum Gasteiger partial charge on any atom is -0.350 e. The summed E-state index contributed by atoms with van der Waals surface area (Å²) in [6, 6.07) is 5.41. The lowest BCUT2D eigenvalue weighted by molar-refractivity contribution is -0.116. The maximum atomic E-state index is 11.3. The molecule has 0 heterocycles. The molecule has 1 N–H and O–H groups in total. The van der Waals surface area contributed by atoms with Gasteiger partial charge in [-0.15, -0.1) is 0 Å². The molecule has 0 bridgehead atoms. The van der Waals surface area contributed by atoms with Gasteiger partial charge in [0.25, 0.3) is 0 Å². The Morgan fingerprint density at radius 1 is 1.38 bits per heavy atom. The Morgan fingerprint density at radius 3 is 2.69 bits per heavy atom. The van der Waals surface area contributed by atoms with Crippen molar-refractivity contribution in [2.75, 3.05) is 0 Å². The second-order valence-electron chi connectivity index (χ2n) is 3.64. The Kier molecular flexibility index (Phi) is 4.84. The maximum absolute atomic E-state index is 11.3. The molecule has 0 fully saturated rings. The first kappa shape index (κ1) is 13.1. The van der Waals surface area contributed by atoms with E-state index in [9.17, 15) is 4.79 Å². The van der Waals surface area contributed by atoms with E-state index in [0.29, 0.717) is 10.0 Å². The van der Waals surface area contributed by atoms with Gasteiger partial charge >= 0.3 is 0 Å². The number of carbonyl (C=O) groups excluding carboxylic acids is 1. The van der Waals surface area contributed by atoms with Gasteiger partial charge in [0.2, 0.25) is 5.91 Å². The van der Waals surface area contributed by atoms with Gasteiger partial charge in [-0.3, -0.25) is 4.79 Å². The van der Waals surface area contributed by atoms with Crippen molar-refractivity contribution < 1.29 is 4.79 Å². The van der Waals surface area contributed by atoms with E-state index < -0.39 is 0 Å². The van der Waals surface area contributed by atoms with Crippen LogP contribution in [0.5, 0.6) is 0 Å². The van der Waals surface area contributed by atoms with E-state index in [1.807, 2.05) is 13.8 Å². The monoisotopic (exact) mass is 257 g/mol. The molecular weight excluding hydrogens is 245 g/mol. The summed E-state index contributed by atoms with van der Waals surface area (Å²) in [7, 11) is 0. The SMILES string of the molecule is CC(C)NC(=O)/C=C/c1cccc(Cl)c1Cl. The number of hydrogen-bond donors (Lipinski definition) is 1. The minimum atomic E-state index is -0.147. The van der Waals surface area contributed by atoms with Gasteiger partial charge in [0.1, 0.15) is 0 Å². The standard InChI is InChI=1S/C12H13Cl2NO/c1-8(2)15-11(16)7-6-9-4-3-5-10(13)12(9)14/h3-8H,1-2H3,(H,15,16)/b7-6+. The number of nitrogens with one attached hydrogen (secondary N) is 1. The number of hydrogen-bond acceptors (Lipinski definition) is 1. The molecule has 0 aliphatic carbocycles. The molecule has 2 nitrogen and oxygen atoms in total. The van der Waals surface area contributed by atoms with Crippen LogP contribution < -0.4 is 5.32 Å². The molecule has 1 aromatic rings. The summed E-state index contributed by atoms with van der Waals surface area (Å²) in [5, 5.41) is 3.68. The number of benzene rings is 1. The average molecular weight is 258 g/mol. The van der Waals surface area contributed by atoms with Gasteiger partial charge in [-0.25, -0.2) is 0 Å². The molecule has 4 heteroatoms. The highest BCUT2D eigenvalue weighted by Gasteiger charge is 2.02. The second-order valence-corrected chi connectivity index (χ2v) is 4.42. The molecule has 0 unspecified atom stereocenters. The predicted molar refractivity (Wildman–Crippen MR) is 68.8 cm³/mol. The van der Waals surface area contributed by atoms with Crippen molar-refractivity contribution in [3.05, 3.63) is 39.9 Å². The van der Waals surface area contributed by atoms with Gasteiger partial charge in [0.05, 0.1) is 10.0 Å². The molecule has 0 saturated heterocycles. The molecule has 1 rings (SSSR count). The molecule has 0 aliphatic heterocycles. The number of halogens is 2. The second kappa shape index (κ2) is 5.92. The van der Waals surface area contributed by atoms with Crippen LogP contribution in [0.3, 0.4) is 0 Å². The lowest BCUT2D eigenvalue weighted by atomic mass is 10.2. The van der Waals surface area contributed by atoms with Crippen LogP contribution in [0.15, 0.2) is 24.3 Å². The Morgan fingerprint density at radius 2 is 2.06 bits per heavy atom. The van der Waals surface area contributed by atoms with Crippen molar-refractivity contribution in [2.45, 2.75) is 19.9 Å². The fourth-order valence-electron chi connectivity index (χ4n) is 1.15. The number of amides is 1. The van der Waals surface area contributed by atoms with Crippen LogP contribution in [0.4, 0.5) is 0 Å². The molecule has 0 saturated carbocycles. The Labute approximate surface area is 105 Å². The molecule has 1 amide bonds. The predicted octanol–water partition coefficient (Wildman–Crippen LogP) is 3.53. The van der Waals surface area contributed by atoms with Crippen LogP contribution in [0.2, 0.25) is 10.0 Å². The summed E-state index contributed by atoms with van der Waals surface area (Å²) in [5.74, 6) is -0.147. The minimum absolute atomic E-state index is 0.118. The van der Waals surface area contributed by atoms with E-state index in [2.05, 4.69) is 5.32 Å². The summed E-state index contributed by atoms with van der Waals surface area (Å²) >= 11 is 11.8. The fourth-order valence-corrected chi connectivity index (χ4v) is 1.52. The van der Waals surface area contributed by atoms with Gasteiger partial charge < -0.3 is 5.32 Å². The highest BCUT2D eigenvalue weighted by Crippen LogP contribution is 2.26. The molecule has 0 atom stereocenters. The van der Waals surface area contributed by atoms with Gasteiger partial charge in [-0.2, -0.15) is 0 Å². The molecule has 1 aromatic carbocycles. The van der Waals surface area contributed by atoms with E-state index >= 15 is 0 Å². The van der Waals surface area contributed by atoms with Gasteiger partial charge in [0.15, 0.2) is 0 Å². The molecule has 16 heavy (non-hydrogen) atoms. The van der Waals surface area contributed by atoms with E-state index in [4.69, 9.17) is 23.2 Å². The average Bonchev–Trinajstić information content (AvgIpc) is 2.19. The molecule has 0 spiro atoms.